The lowest BCUT2D eigenvalue weighted by Crippen LogP contribution is -2.63. The van der Waals surface area contributed by atoms with E-state index in [1.807, 2.05) is 16.8 Å². The van der Waals surface area contributed by atoms with Gasteiger partial charge in [-0.1, -0.05) is 25.7 Å². The molecule has 1 aromatic rings. The summed E-state index contributed by atoms with van der Waals surface area (Å²) in [7, 11) is 0. The molecule has 1 aromatic heterocycles. The number of carbonyl (C=O) groups excluding carboxylic acids is 1. The maximum absolute atomic E-state index is 12.3. The molecule has 3 fully saturated rings. The first-order valence-electron chi connectivity index (χ1n) is 7.79. The van der Waals surface area contributed by atoms with Crippen molar-refractivity contribution in [2.75, 3.05) is 6.61 Å². The summed E-state index contributed by atoms with van der Waals surface area (Å²) in [5, 5.41) is 7.20. The van der Waals surface area contributed by atoms with E-state index in [1.54, 1.807) is 11.3 Å². The Hall–Kier alpha value is -0.870. The molecule has 4 rings (SSSR count). The predicted molar refractivity (Wildman–Crippen MR) is 78.9 cm³/mol. The molecule has 4 atom stereocenters. The number of hydrogen-bond donors (Lipinski definition) is 1. The number of hydrogen-bond acceptors (Lipinski definition) is 3. The minimum absolute atomic E-state index is 0.101. The summed E-state index contributed by atoms with van der Waals surface area (Å²) in [6.45, 7) is 0.878. The standard InChI is InChI=1S/C16H21NO2S/c18-16(11-6-8-20-9-11)17-14-12-5-7-19-15(12)13(14)10-3-1-2-4-10/h6,8-10,12-15H,1-5,7H2,(H,17,18)/t12-,13+,14-,15-/m0/s1. The molecule has 2 aliphatic carbocycles. The van der Waals surface area contributed by atoms with Gasteiger partial charge in [-0.25, -0.2) is 0 Å². The van der Waals surface area contributed by atoms with Crippen LogP contribution in [0, 0.1) is 17.8 Å². The van der Waals surface area contributed by atoms with Gasteiger partial charge in [0.2, 0.25) is 0 Å². The van der Waals surface area contributed by atoms with E-state index < -0.39 is 0 Å². The lowest BCUT2D eigenvalue weighted by atomic mass is 9.61. The van der Waals surface area contributed by atoms with Crippen LogP contribution < -0.4 is 5.32 Å². The van der Waals surface area contributed by atoms with Crippen LogP contribution in [0.5, 0.6) is 0 Å². The molecule has 20 heavy (non-hydrogen) atoms. The maximum atomic E-state index is 12.3. The van der Waals surface area contributed by atoms with Gasteiger partial charge in [0.25, 0.3) is 5.91 Å². The normalized spacial score (nSPS) is 36.6. The van der Waals surface area contributed by atoms with E-state index in [0.717, 1.165) is 24.5 Å². The molecular weight excluding hydrogens is 270 g/mol. The molecule has 4 heteroatoms. The van der Waals surface area contributed by atoms with Crippen LogP contribution in [0.25, 0.3) is 0 Å². The summed E-state index contributed by atoms with van der Waals surface area (Å²) in [6, 6.07) is 2.25. The lowest BCUT2D eigenvalue weighted by Gasteiger charge is -2.50. The van der Waals surface area contributed by atoms with E-state index in [4.69, 9.17) is 4.74 Å². The minimum atomic E-state index is 0.101. The number of rotatable bonds is 3. The van der Waals surface area contributed by atoms with Crippen molar-refractivity contribution < 1.29 is 9.53 Å². The third-order valence-electron chi connectivity index (χ3n) is 5.46. The van der Waals surface area contributed by atoms with Crippen molar-refractivity contribution in [3.63, 3.8) is 0 Å². The predicted octanol–water partition coefficient (Wildman–Crippen LogP) is 3.07. The molecule has 0 bridgehead atoms. The van der Waals surface area contributed by atoms with Crippen molar-refractivity contribution in [1.29, 1.82) is 0 Å². The topological polar surface area (TPSA) is 38.3 Å². The van der Waals surface area contributed by atoms with Crippen molar-refractivity contribution in [1.82, 2.24) is 5.32 Å². The van der Waals surface area contributed by atoms with Crippen molar-refractivity contribution in [3.8, 4) is 0 Å². The van der Waals surface area contributed by atoms with Gasteiger partial charge in [0, 0.05) is 35.4 Å². The summed E-state index contributed by atoms with van der Waals surface area (Å²) in [5.74, 6) is 1.99. The van der Waals surface area contributed by atoms with Gasteiger partial charge >= 0.3 is 0 Å². The highest BCUT2D eigenvalue weighted by Gasteiger charge is 2.56. The highest BCUT2D eigenvalue weighted by Crippen LogP contribution is 2.51. The van der Waals surface area contributed by atoms with Crippen LogP contribution in [-0.2, 0) is 4.74 Å². The van der Waals surface area contributed by atoms with E-state index in [-0.39, 0.29) is 5.91 Å². The monoisotopic (exact) mass is 291 g/mol. The molecule has 1 saturated heterocycles. The first kappa shape index (κ1) is 12.8. The van der Waals surface area contributed by atoms with Crippen LogP contribution in [0.1, 0.15) is 42.5 Å². The Bertz CT molecular complexity index is 476. The Morgan fingerprint density at radius 2 is 2.15 bits per heavy atom. The maximum Gasteiger partial charge on any atom is 0.252 e. The molecule has 0 radical (unpaired) electrons. The Balaban J connectivity index is 1.48. The van der Waals surface area contributed by atoms with Gasteiger partial charge in [0.15, 0.2) is 0 Å². The van der Waals surface area contributed by atoms with Crippen molar-refractivity contribution in [2.45, 2.75) is 44.2 Å². The largest absolute Gasteiger partial charge is 0.377 e. The Morgan fingerprint density at radius 1 is 1.30 bits per heavy atom. The Kier molecular flexibility index (Phi) is 3.31. The van der Waals surface area contributed by atoms with E-state index in [1.165, 1.54) is 25.7 Å². The number of thiophene rings is 1. The Labute approximate surface area is 123 Å². The first-order valence-corrected chi connectivity index (χ1v) is 8.73. The summed E-state index contributed by atoms with van der Waals surface area (Å²) in [5.41, 5.74) is 0.808. The zero-order valence-electron chi connectivity index (χ0n) is 11.6. The van der Waals surface area contributed by atoms with Crippen molar-refractivity contribution in [2.24, 2.45) is 17.8 Å². The van der Waals surface area contributed by atoms with Crippen LogP contribution in [-0.4, -0.2) is 24.7 Å². The fourth-order valence-corrected chi connectivity index (χ4v) is 5.12. The summed E-state index contributed by atoms with van der Waals surface area (Å²) in [4.78, 5) is 12.3. The molecular formula is C16H21NO2S. The molecule has 0 aromatic carbocycles. The zero-order valence-corrected chi connectivity index (χ0v) is 12.4. The molecule has 1 aliphatic heterocycles. The summed E-state index contributed by atoms with van der Waals surface area (Å²) in [6.07, 6.45) is 6.88. The number of nitrogens with one attached hydrogen (secondary N) is 1. The summed E-state index contributed by atoms with van der Waals surface area (Å²) < 4.78 is 5.93. The van der Waals surface area contributed by atoms with Crippen molar-refractivity contribution >= 4 is 17.2 Å². The number of fused-ring (bicyclic) bond motifs is 1. The minimum Gasteiger partial charge on any atom is -0.377 e. The van der Waals surface area contributed by atoms with Gasteiger partial charge in [-0.2, -0.15) is 11.3 Å². The molecule has 0 unspecified atom stereocenters. The van der Waals surface area contributed by atoms with Crippen LogP contribution >= 0.6 is 11.3 Å². The van der Waals surface area contributed by atoms with Crippen LogP contribution in [0.2, 0.25) is 0 Å². The van der Waals surface area contributed by atoms with E-state index >= 15 is 0 Å². The highest BCUT2D eigenvalue weighted by molar-refractivity contribution is 7.08. The number of ether oxygens (including phenoxy) is 1. The zero-order chi connectivity index (χ0) is 13.5. The molecule has 3 nitrogen and oxygen atoms in total. The molecule has 2 saturated carbocycles. The van der Waals surface area contributed by atoms with Crippen molar-refractivity contribution in [3.05, 3.63) is 22.4 Å². The molecule has 3 aliphatic rings. The number of amides is 1. The average molecular weight is 291 g/mol. The fourth-order valence-electron chi connectivity index (χ4n) is 4.49. The van der Waals surface area contributed by atoms with Crippen LogP contribution in [0.3, 0.4) is 0 Å². The third-order valence-corrected chi connectivity index (χ3v) is 6.15. The van der Waals surface area contributed by atoms with Gasteiger partial charge < -0.3 is 10.1 Å². The van der Waals surface area contributed by atoms with E-state index in [9.17, 15) is 4.79 Å². The summed E-state index contributed by atoms with van der Waals surface area (Å²) >= 11 is 1.58. The van der Waals surface area contributed by atoms with Gasteiger partial charge in [0.1, 0.15) is 0 Å². The average Bonchev–Trinajstić information content (AvgIpc) is 3.18. The first-order chi connectivity index (χ1) is 9.84. The third kappa shape index (κ3) is 2.01. The quantitative estimate of drug-likeness (QED) is 0.929. The van der Waals surface area contributed by atoms with Crippen LogP contribution in [0.15, 0.2) is 16.8 Å². The second kappa shape index (κ2) is 5.15. The van der Waals surface area contributed by atoms with Gasteiger partial charge in [-0.05, 0) is 23.8 Å². The van der Waals surface area contributed by atoms with Crippen LogP contribution in [0.4, 0.5) is 0 Å². The molecule has 108 valence electrons. The Morgan fingerprint density at radius 3 is 2.90 bits per heavy atom. The molecule has 2 heterocycles. The SMILES string of the molecule is O=C(N[C@H]1[C@@H]2CCO[C@@H]2[C@@H]1C1CCCC1)c1ccsc1. The number of carbonyl (C=O) groups is 1. The second-order valence-corrected chi connectivity index (χ2v) is 7.20. The van der Waals surface area contributed by atoms with Gasteiger partial charge in [-0.15, -0.1) is 0 Å². The van der Waals surface area contributed by atoms with Gasteiger partial charge in [-0.3, -0.25) is 4.79 Å². The second-order valence-electron chi connectivity index (χ2n) is 6.42. The van der Waals surface area contributed by atoms with E-state index in [2.05, 4.69) is 5.32 Å². The fraction of sp³-hybridized carbons (Fsp3) is 0.688. The molecule has 1 amide bonds. The van der Waals surface area contributed by atoms with E-state index in [0.29, 0.717) is 24.0 Å². The molecule has 0 spiro atoms. The smallest absolute Gasteiger partial charge is 0.252 e. The van der Waals surface area contributed by atoms with Gasteiger partial charge in [0.05, 0.1) is 6.10 Å². The molecule has 1 N–H and O–H groups in total. The highest BCUT2D eigenvalue weighted by atomic mass is 32.1. The lowest BCUT2D eigenvalue weighted by molar-refractivity contribution is -0.0784.